The lowest BCUT2D eigenvalue weighted by Gasteiger charge is -2.05. The quantitative estimate of drug-likeness (QED) is 0.680. The molecule has 1 saturated heterocycles. The summed E-state index contributed by atoms with van der Waals surface area (Å²) < 4.78 is 0. The minimum absolute atomic E-state index is 0.134. The van der Waals surface area contributed by atoms with E-state index in [-0.39, 0.29) is 11.7 Å². The number of rotatable bonds is 2. The number of pyridine rings is 1. The summed E-state index contributed by atoms with van der Waals surface area (Å²) in [6.07, 6.45) is 2.60. The first kappa shape index (κ1) is 8.38. The van der Waals surface area contributed by atoms with Crippen molar-refractivity contribution in [3.8, 4) is 0 Å². The molecule has 0 unspecified atom stereocenters. The minimum Gasteiger partial charge on any atom is -0.316 e. The maximum absolute atomic E-state index is 11.7. The maximum atomic E-state index is 11.7. The van der Waals surface area contributed by atoms with Crippen molar-refractivity contribution >= 4 is 5.78 Å². The molecule has 68 valence electrons. The van der Waals surface area contributed by atoms with E-state index in [2.05, 4.69) is 10.3 Å². The van der Waals surface area contributed by atoms with Crippen molar-refractivity contribution in [2.24, 2.45) is 5.92 Å². The van der Waals surface area contributed by atoms with Crippen molar-refractivity contribution in [1.82, 2.24) is 10.3 Å². The van der Waals surface area contributed by atoms with Gasteiger partial charge in [-0.3, -0.25) is 9.78 Å². The number of hydrogen-bond acceptors (Lipinski definition) is 3. The maximum Gasteiger partial charge on any atom is 0.185 e. The first-order chi connectivity index (χ1) is 6.38. The molecule has 0 spiro atoms. The van der Waals surface area contributed by atoms with Gasteiger partial charge in [-0.2, -0.15) is 0 Å². The van der Waals surface area contributed by atoms with E-state index in [4.69, 9.17) is 0 Å². The van der Waals surface area contributed by atoms with Crippen LogP contribution in [0, 0.1) is 5.92 Å². The number of aromatic nitrogens is 1. The summed E-state index contributed by atoms with van der Waals surface area (Å²) in [6.45, 7) is 1.75. The number of hydrogen-bond donors (Lipinski definition) is 1. The second kappa shape index (κ2) is 3.66. The number of ketones is 1. The summed E-state index contributed by atoms with van der Waals surface area (Å²) in [6, 6.07) is 5.45. The van der Waals surface area contributed by atoms with Crippen molar-refractivity contribution in [2.45, 2.75) is 6.42 Å². The van der Waals surface area contributed by atoms with E-state index < -0.39 is 0 Å². The van der Waals surface area contributed by atoms with Crippen LogP contribution in [0.1, 0.15) is 16.9 Å². The van der Waals surface area contributed by atoms with Gasteiger partial charge in [-0.25, -0.2) is 0 Å². The van der Waals surface area contributed by atoms with Crippen LogP contribution in [0.2, 0.25) is 0 Å². The molecule has 1 N–H and O–H groups in total. The number of carbonyl (C=O) groups is 1. The van der Waals surface area contributed by atoms with E-state index in [9.17, 15) is 4.79 Å². The molecule has 1 aromatic rings. The van der Waals surface area contributed by atoms with Crippen LogP contribution in [0.4, 0.5) is 0 Å². The Bertz CT molecular complexity index is 291. The van der Waals surface area contributed by atoms with Gasteiger partial charge in [0.15, 0.2) is 5.78 Å². The highest BCUT2D eigenvalue weighted by Crippen LogP contribution is 2.13. The van der Waals surface area contributed by atoms with Gasteiger partial charge >= 0.3 is 0 Å². The van der Waals surface area contributed by atoms with Crippen LogP contribution in [0.25, 0.3) is 0 Å². The van der Waals surface area contributed by atoms with Gasteiger partial charge < -0.3 is 5.32 Å². The smallest absolute Gasteiger partial charge is 0.185 e. The summed E-state index contributed by atoms with van der Waals surface area (Å²) in [4.78, 5) is 15.8. The molecule has 1 aliphatic heterocycles. The number of carbonyl (C=O) groups excluding carboxylic acids is 1. The predicted molar refractivity (Wildman–Crippen MR) is 49.5 cm³/mol. The number of Topliss-reactive ketones (excluding diaryl/α,β-unsaturated/α-hetero) is 1. The van der Waals surface area contributed by atoms with Crippen LogP contribution in [0.15, 0.2) is 24.4 Å². The molecule has 2 heterocycles. The first-order valence-electron chi connectivity index (χ1n) is 4.54. The van der Waals surface area contributed by atoms with Gasteiger partial charge in [-0.15, -0.1) is 0 Å². The summed E-state index contributed by atoms with van der Waals surface area (Å²) >= 11 is 0. The largest absolute Gasteiger partial charge is 0.316 e. The molecule has 1 atom stereocenters. The normalized spacial score (nSPS) is 21.7. The molecule has 1 aliphatic rings. The summed E-state index contributed by atoms with van der Waals surface area (Å²) in [7, 11) is 0. The molecule has 1 fully saturated rings. The van der Waals surface area contributed by atoms with E-state index in [0.29, 0.717) is 5.69 Å². The zero-order valence-electron chi connectivity index (χ0n) is 7.36. The Labute approximate surface area is 77.2 Å². The van der Waals surface area contributed by atoms with Crippen LogP contribution in [-0.2, 0) is 0 Å². The highest BCUT2D eigenvalue weighted by Gasteiger charge is 2.23. The van der Waals surface area contributed by atoms with E-state index in [1.807, 2.05) is 12.1 Å². The zero-order chi connectivity index (χ0) is 9.10. The van der Waals surface area contributed by atoms with Crippen molar-refractivity contribution in [2.75, 3.05) is 13.1 Å². The molecule has 3 nitrogen and oxygen atoms in total. The van der Waals surface area contributed by atoms with E-state index >= 15 is 0 Å². The van der Waals surface area contributed by atoms with Crippen LogP contribution in [0.5, 0.6) is 0 Å². The van der Waals surface area contributed by atoms with Gasteiger partial charge in [0.2, 0.25) is 0 Å². The van der Waals surface area contributed by atoms with Crippen LogP contribution in [-0.4, -0.2) is 23.9 Å². The van der Waals surface area contributed by atoms with Gasteiger partial charge in [0, 0.05) is 18.7 Å². The van der Waals surface area contributed by atoms with E-state index in [0.717, 1.165) is 19.5 Å². The molecule has 0 saturated carbocycles. The van der Waals surface area contributed by atoms with Gasteiger partial charge in [-0.1, -0.05) is 6.07 Å². The van der Waals surface area contributed by atoms with Crippen LogP contribution < -0.4 is 5.32 Å². The first-order valence-corrected chi connectivity index (χ1v) is 4.54. The third-order valence-corrected chi connectivity index (χ3v) is 2.35. The van der Waals surface area contributed by atoms with Gasteiger partial charge in [-0.05, 0) is 25.1 Å². The molecule has 2 rings (SSSR count). The van der Waals surface area contributed by atoms with Crippen LogP contribution in [0.3, 0.4) is 0 Å². The van der Waals surface area contributed by atoms with E-state index in [1.54, 1.807) is 12.3 Å². The summed E-state index contributed by atoms with van der Waals surface area (Å²) in [5, 5.41) is 3.17. The molecular weight excluding hydrogens is 164 g/mol. The van der Waals surface area contributed by atoms with Crippen molar-refractivity contribution in [3.63, 3.8) is 0 Å². The molecule has 0 aromatic carbocycles. The minimum atomic E-state index is 0.134. The molecule has 1 aromatic heterocycles. The average Bonchev–Trinajstić information content (AvgIpc) is 2.71. The summed E-state index contributed by atoms with van der Waals surface area (Å²) in [5.74, 6) is 0.306. The van der Waals surface area contributed by atoms with E-state index in [1.165, 1.54) is 0 Å². The second-order valence-electron chi connectivity index (χ2n) is 3.27. The highest BCUT2D eigenvalue weighted by atomic mass is 16.1. The third kappa shape index (κ3) is 1.75. The van der Waals surface area contributed by atoms with Crippen molar-refractivity contribution in [3.05, 3.63) is 30.1 Å². The van der Waals surface area contributed by atoms with Crippen molar-refractivity contribution in [1.29, 1.82) is 0 Å². The Morgan fingerprint density at radius 1 is 1.54 bits per heavy atom. The van der Waals surface area contributed by atoms with Crippen LogP contribution >= 0.6 is 0 Å². The molecule has 13 heavy (non-hydrogen) atoms. The standard InChI is InChI=1S/C10H12N2O/c13-10(8-4-6-11-7-8)9-3-1-2-5-12-9/h1-3,5,8,11H,4,6-7H2/t8-/m0/s1. The lowest BCUT2D eigenvalue weighted by atomic mass is 10.0. The summed E-state index contributed by atoms with van der Waals surface area (Å²) in [5.41, 5.74) is 0.594. The molecule has 0 bridgehead atoms. The Balaban J connectivity index is 2.13. The fourth-order valence-corrected chi connectivity index (χ4v) is 1.60. The molecule has 0 amide bonds. The van der Waals surface area contributed by atoms with Gasteiger partial charge in [0.25, 0.3) is 0 Å². The zero-order valence-corrected chi connectivity index (χ0v) is 7.36. The Hall–Kier alpha value is -1.22. The molecule has 0 aliphatic carbocycles. The highest BCUT2D eigenvalue weighted by molar-refractivity contribution is 5.96. The predicted octanol–water partition coefficient (Wildman–Crippen LogP) is 0.874. The molecule has 3 heteroatoms. The monoisotopic (exact) mass is 176 g/mol. The SMILES string of the molecule is O=C(c1ccccn1)[C@H]1CCNC1. The average molecular weight is 176 g/mol. The van der Waals surface area contributed by atoms with Gasteiger partial charge in [0.05, 0.1) is 0 Å². The molecular formula is C10H12N2O. The van der Waals surface area contributed by atoms with Crippen molar-refractivity contribution < 1.29 is 4.79 Å². The third-order valence-electron chi connectivity index (χ3n) is 2.35. The molecule has 0 radical (unpaired) electrons. The Morgan fingerprint density at radius 2 is 2.46 bits per heavy atom. The topological polar surface area (TPSA) is 42.0 Å². The number of nitrogens with zero attached hydrogens (tertiary/aromatic N) is 1. The fourth-order valence-electron chi connectivity index (χ4n) is 1.60. The second-order valence-corrected chi connectivity index (χ2v) is 3.27. The number of nitrogens with one attached hydrogen (secondary N) is 1. The lowest BCUT2D eigenvalue weighted by molar-refractivity contribution is 0.0925. The Morgan fingerprint density at radius 3 is 3.08 bits per heavy atom. The Kier molecular flexibility index (Phi) is 2.36. The fraction of sp³-hybridized carbons (Fsp3) is 0.400. The van der Waals surface area contributed by atoms with Gasteiger partial charge in [0.1, 0.15) is 5.69 Å². The lowest BCUT2D eigenvalue weighted by Crippen LogP contribution is -2.18.